The lowest BCUT2D eigenvalue weighted by atomic mass is 10.0. The van der Waals surface area contributed by atoms with Crippen LogP contribution in [0.4, 0.5) is 13.2 Å². The van der Waals surface area contributed by atoms with Gasteiger partial charge in [0, 0.05) is 0 Å². The average Bonchev–Trinajstić information content (AvgIpc) is 2.54. The second-order valence-electron chi connectivity index (χ2n) is 5.29. The van der Waals surface area contributed by atoms with E-state index in [0.29, 0.717) is 5.75 Å². The SMILES string of the molecule is CNCCC[C@H](Oc1ccc(C(F)(F)F)cc1)c1ccccc1. The summed E-state index contributed by atoms with van der Waals surface area (Å²) in [6.45, 7) is 0.861. The summed E-state index contributed by atoms with van der Waals surface area (Å²) >= 11 is 0. The van der Waals surface area contributed by atoms with Gasteiger partial charge in [-0.3, -0.25) is 0 Å². The van der Waals surface area contributed by atoms with Crippen molar-refractivity contribution in [3.8, 4) is 5.75 Å². The summed E-state index contributed by atoms with van der Waals surface area (Å²) in [6.07, 6.45) is -2.81. The normalized spacial score (nSPS) is 12.9. The molecule has 0 radical (unpaired) electrons. The van der Waals surface area contributed by atoms with E-state index in [1.165, 1.54) is 12.1 Å². The number of alkyl halides is 3. The number of hydrogen-bond donors (Lipinski definition) is 1. The van der Waals surface area contributed by atoms with Gasteiger partial charge in [-0.05, 0) is 56.3 Å². The van der Waals surface area contributed by atoms with Gasteiger partial charge in [0.05, 0.1) is 5.56 Å². The second kappa shape index (κ2) is 8.02. The summed E-state index contributed by atoms with van der Waals surface area (Å²) in [5.74, 6) is 0.441. The number of halogens is 3. The Morgan fingerprint density at radius 1 is 1.00 bits per heavy atom. The molecule has 1 N–H and O–H groups in total. The van der Waals surface area contributed by atoms with E-state index in [2.05, 4.69) is 5.32 Å². The smallest absolute Gasteiger partial charge is 0.416 e. The molecule has 0 heterocycles. The molecule has 2 aromatic carbocycles. The molecule has 0 unspecified atom stereocenters. The molecule has 0 saturated heterocycles. The Kier molecular flexibility index (Phi) is 6.04. The molecular formula is C18H20F3NO. The Balaban J connectivity index is 2.10. The van der Waals surface area contributed by atoms with Gasteiger partial charge >= 0.3 is 6.18 Å². The fraction of sp³-hybridized carbons (Fsp3) is 0.333. The summed E-state index contributed by atoms with van der Waals surface area (Å²) in [5, 5.41) is 3.08. The van der Waals surface area contributed by atoms with Crippen LogP contribution in [0.3, 0.4) is 0 Å². The molecule has 0 aliphatic rings. The number of nitrogens with one attached hydrogen (secondary N) is 1. The van der Waals surface area contributed by atoms with Gasteiger partial charge < -0.3 is 10.1 Å². The predicted octanol–water partition coefficient (Wildman–Crippen LogP) is 4.83. The number of ether oxygens (including phenoxy) is 1. The molecule has 0 bridgehead atoms. The van der Waals surface area contributed by atoms with Crippen molar-refractivity contribution in [3.63, 3.8) is 0 Å². The summed E-state index contributed by atoms with van der Waals surface area (Å²) < 4.78 is 43.7. The zero-order valence-corrected chi connectivity index (χ0v) is 12.9. The van der Waals surface area contributed by atoms with E-state index in [-0.39, 0.29) is 6.10 Å². The van der Waals surface area contributed by atoms with Crippen LogP contribution >= 0.6 is 0 Å². The lowest BCUT2D eigenvalue weighted by Crippen LogP contribution is -2.13. The van der Waals surface area contributed by atoms with Crippen molar-refractivity contribution in [2.45, 2.75) is 25.1 Å². The van der Waals surface area contributed by atoms with E-state index >= 15 is 0 Å². The van der Waals surface area contributed by atoms with Gasteiger partial charge in [0.25, 0.3) is 0 Å². The maximum atomic E-state index is 12.6. The molecule has 1 atom stereocenters. The van der Waals surface area contributed by atoms with Crippen LogP contribution < -0.4 is 10.1 Å². The molecule has 0 fully saturated rings. The molecule has 0 aliphatic carbocycles. The highest BCUT2D eigenvalue weighted by Gasteiger charge is 2.30. The third-order valence-corrected chi connectivity index (χ3v) is 3.52. The molecule has 23 heavy (non-hydrogen) atoms. The molecule has 2 aromatic rings. The monoisotopic (exact) mass is 323 g/mol. The fourth-order valence-corrected chi connectivity index (χ4v) is 2.31. The van der Waals surface area contributed by atoms with E-state index in [4.69, 9.17) is 4.74 Å². The van der Waals surface area contributed by atoms with Crippen molar-refractivity contribution < 1.29 is 17.9 Å². The van der Waals surface area contributed by atoms with Crippen molar-refractivity contribution in [2.24, 2.45) is 0 Å². The lowest BCUT2D eigenvalue weighted by Gasteiger charge is -2.20. The number of rotatable bonds is 7. The van der Waals surface area contributed by atoms with Crippen molar-refractivity contribution in [2.75, 3.05) is 13.6 Å². The molecule has 2 rings (SSSR count). The topological polar surface area (TPSA) is 21.3 Å². The van der Waals surface area contributed by atoms with Crippen molar-refractivity contribution >= 4 is 0 Å². The molecule has 2 nitrogen and oxygen atoms in total. The molecular weight excluding hydrogens is 303 g/mol. The molecule has 0 aromatic heterocycles. The second-order valence-corrected chi connectivity index (χ2v) is 5.29. The van der Waals surface area contributed by atoms with Crippen molar-refractivity contribution in [3.05, 3.63) is 65.7 Å². The van der Waals surface area contributed by atoms with Gasteiger partial charge in [0.2, 0.25) is 0 Å². The maximum Gasteiger partial charge on any atom is 0.416 e. The van der Waals surface area contributed by atoms with E-state index in [0.717, 1.165) is 37.1 Å². The Bertz CT molecular complexity index is 581. The summed E-state index contributed by atoms with van der Waals surface area (Å²) in [4.78, 5) is 0. The van der Waals surface area contributed by atoms with Gasteiger partial charge in [-0.25, -0.2) is 0 Å². The van der Waals surface area contributed by atoms with Crippen LogP contribution in [0.25, 0.3) is 0 Å². The van der Waals surface area contributed by atoms with Crippen LogP contribution in [0.1, 0.15) is 30.1 Å². The standard InChI is InChI=1S/C18H20F3NO/c1-22-13-5-8-17(14-6-3-2-4-7-14)23-16-11-9-15(10-12-16)18(19,20)21/h2-4,6-7,9-12,17,22H,5,8,13H2,1H3/t17-/m0/s1. The zero-order chi connectivity index (χ0) is 16.7. The third-order valence-electron chi connectivity index (χ3n) is 3.52. The maximum absolute atomic E-state index is 12.6. The molecule has 0 amide bonds. The van der Waals surface area contributed by atoms with E-state index in [1.54, 1.807) is 0 Å². The molecule has 0 saturated carbocycles. The number of benzene rings is 2. The quantitative estimate of drug-likeness (QED) is 0.737. The van der Waals surface area contributed by atoms with Gasteiger partial charge in [-0.1, -0.05) is 30.3 Å². The Hall–Kier alpha value is -2.01. The van der Waals surface area contributed by atoms with Gasteiger partial charge in [-0.2, -0.15) is 13.2 Å². The molecule has 0 aliphatic heterocycles. The van der Waals surface area contributed by atoms with Crippen LogP contribution in [-0.4, -0.2) is 13.6 Å². The highest BCUT2D eigenvalue weighted by atomic mass is 19.4. The van der Waals surface area contributed by atoms with Crippen LogP contribution in [0, 0.1) is 0 Å². The predicted molar refractivity (Wildman–Crippen MR) is 84.4 cm³/mol. The molecule has 0 spiro atoms. The zero-order valence-electron chi connectivity index (χ0n) is 12.9. The number of hydrogen-bond acceptors (Lipinski definition) is 2. The first-order chi connectivity index (χ1) is 11.0. The van der Waals surface area contributed by atoms with Gasteiger partial charge in [0.1, 0.15) is 11.9 Å². The average molecular weight is 323 g/mol. The highest BCUT2D eigenvalue weighted by molar-refractivity contribution is 5.30. The molecule has 124 valence electrons. The summed E-state index contributed by atoms with van der Waals surface area (Å²) in [5.41, 5.74) is 0.347. The lowest BCUT2D eigenvalue weighted by molar-refractivity contribution is -0.137. The van der Waals surface area contributed by atoms with Crippen LogP contribution in [0.5, 0.6) is 5.75 Å². The minimum Gasteiger partial charge on any atom is -0.486 e. The van der Waals surface area contributed by atoms with Gasteiger partial charge in [0.15, 0.2) is 0 Å². The largest absolute Gasteiger partial charge is 0.486 e. The first kappa shape index (κ1) is 17.3. The first-order valence-electron chi connectivity index (χ1n) is 7.54. The minimum atomic E-state index is -4.33. The van der Waals surface area contributed by atoms with E-state index < -0.39 is 11.7 Å². The van der Waals surface area contributed by atoms with Crippen LogP contribution in [0.2, 0.25) is 0 Å². The first-order valence-corrected chi connectivity index (χ1v) is 7.54. The highest BCUT2D eigenvalue weighted by Crippen LogP contribution is 2.32. The van der Waals surface area contributed by atoms with E-state index in [9.17, 15) is 13.2 Å². The van der Waals surface area contributed by atoms with Crippen LogP contribution in [0.15, 0.2) is 54.6 Å². The fourth-order valence-electron chi connectivity index (χ4n) is 2.31. The Labute approximate surface area is 134 Å². The van der Waals surface area contributed by atoms with Gasteiger partial charge in [-0.15, -0.1) is 0 Å². The minimum absolute atomic E-state index is 0.179. The molecule has 5 heteroatoms. The van der Waals surface area contributed by atoms with E-state index in [1.807, 2.05) is 37.4 Å². The third kappa shape index (κ3) is 5.28. The summed E-state index contributed by atoms with van der Waals surface area (Å²) in [6, 6.07) is 14.5. The Morgan fingerprint density at radius 3 is 2.22 bits per heavy atom. The van der Waals surface area contributed by atoms with Crippen molar-refractivity contribution in [1.82, 2.24) is 5.32 Å². The van der Waals surface area contributed by atoms with Crippen LogP contribution in [-0.2, 0) is 6.18 Å². The Morgan fingerprint density at radius 2 is 1.65 bits per heavy atom. The van der Waals surface area contributed by atoms with Crippen molar-refractivity contribution in [1.29, 1.82) is 0 Å². The summed E-state index contributed by atoms with van der Waals surface area (Å²) in [7, 11) is 1.88.